The third kappa shape index (κ3) is 7.65. The minimum absolute atomic E-state index is 0.202. The van der Waals surface area contributed by atoms with Crippen LogP contribution in [0, 0.1) is 12.3 Å². The predicted molar refractivity (Wildman–Crippen MR) is 171 cm³/mol. The van der Waals surface area contributed by atoms with Crippen molar-refractivity contribution in [3.05, 3.63) is 38.7 Å². The predicted octanol–water partition coefficient (Wildman–Crippen LogP) is 5.04. The number of aryl methyl sites for hydroxylation is 1. The smallest absolute Gasteiger partial charge is 0.298 e. The second-order valence-corrected chi connectivity index (χ2v) is 9.41. The van der Waals surface area contributed by atoms with Gasteiger partial charge in [0.2, 0.25) is 5.95 Å². The third-order valence-electron chi connectivity index (χ3n) is 6.53. The number of methoxy groups -OCH3 is 2. The number of rotatable bonds is 8. The fourth-order valence-electron chi connectivity index (χ4n) is 4.51. The lowest BCUT2D eigenvalue weighted by Crippen LogP contribution is -2.48. The molecular formula is C30H40Cl2N6O4. The minimum atomic E-state index is -0.304. The van der Waals surface area contributed by atoms with Crippen molar-refractivity contribution in [3.8, 4) is 35.0 Å². The normalized spacial score (nSPS) is 12.8. The molecule has 1 N–H and O–H groups in total. The van der Waals surface area contributed by atoms with Crippen LogP contribution in [0.15, 0.2) is 23.1 Å². The van der Waals surface area contributed by atoms with Crippen molar-refractivity contribution in [2.24, 2.45) is 0 Å². The van der Waals surface area contributed by atoms with Crippen LogP contribution in [0.3, 0.4) is 0 Å². The summed E-state index contributed by atoms with van der Waals surface area (Å²) in [5, 5.41) is 3.97. The van der Waals surface area contributed by atoms with Gasteiger partial charge in [0.15, 0.2) is 0 Å². The fraction of sp³-hybridized carbons (Fsp3) is 0.467. The van der Waals surface area contributed by atoms with Crippen molar-refractivity contribution in [3.63, 3.8) is 0 Å². The third-order valence-corrected chi connectivity index (χ3v) is 7.28. The van der Waals surface area contributed by atoms with Gasteiger partial charge in [-0.05, 0) is 25.0 Å². The van der Waals surface area contributed by atoms with E-state index in [1.807, 2.05) is 27.7 Å². The highest BCUT2D eigenvalue weighted by atomic mass is 35.5. The number of halogens is 2. The first-order valence-corrected chi connectivity index (χ1v) is 14.7. The highest BCUT2D eigenvalue weighted by Crippen LogP contribution is 2.45. The van der Waals surface area contributed by atoms with E-state index in [0.717, 1.165) is 6.54 Å². The van der Waals surface area contributed by atoms with Gasteiger partial charge < -0.3 is 19.7 Å². The van der Waals surface area contributed by atoms with Crippen LogP contribution in [0.1, 0.15) is 34.1 Å². The van der Waals surface area contributed by atoms with Gasteiger partial charge >= 0.3 is 0 Å². The van der Waals surface area contributed by atoms with Crippen LogP contribution in [-0.4, -0.2) is 84.2 Å². The highest BCUT2D eigenvalue weighted by molar-refractivity contribution is 6.41. The molecule has 1 aromatic carbocycles. The van der Waals surface area contributed by atoms with E-state index in [4.69, 9.17) is 39.1 Å². The molecule has 0 spiro atoms. The van der Waals surface area contributed by atoms with Crippen molar-refractivity contribution in [2.45, 2.75) is 40.7 Å². The van der Waals surface area contributed by atoms with Gasteiger partial charge in [-0.2, -0.15) is 4.98 Å². The summed E-state index contributed by atoms with van der Waals surface area (Å²) in [6, 6.07) is 3.26. The maximum absolute atomic E-state index is 13.9. The summed E-state index contributed by atoms with van der Waals surface area (Å²) in [4.78, 5) is 38.5. The van der Waals surface area contributed by atoms with E-state index in [9.17, 15) is 9.59 Å². The van der Waals surface area contributed by atoms with Crippen LogP contribution in [0.2, 0.25) is 10.0 Å². The number of ether oxygens (including phenoxy) is 2. The summed E-state index contributed by atoms with van der Waals surface area (Å²) in [5.41, 5.74) is 0.788. The average Bonchev–Trinajstić information content (AvgIpc) is 3.04. The first-order valence-electron chi connectivity index (χ1n) is 14.0. The van der Waals surface area contributed by atoms with E-state index in [1.54, 1.807) is 34.8 Å². The lowest BCUT2D eigenvalue weighted by Gasteiger charge is -2.33. The molecule has 0 radical (unpaired) electrons. The monoisotopic (exact) mass is 618 g/mol. The van der Waals surface area contributed by atoms with Gasteiger partial charge in [0.05, 0.1) is 29.8 Å². The molecular weight excluding hydrogens is 579 g/mol. The zero-order chi connectivity index (χ0) is 31.4. The van der Waals surface area contributed by atoms with Crippen molar-refractivity contribution in [2.75, 3.05) is 59.3 Å². The number of carbonyl (C=O) groups is 1. The molecule has 1 aliphatic heterocycles. The number of piperazine rings is 1. The zero-order valence-electron chi connectivity index (χ0n) is 25.4. The molecule has 0 atom stereocenters. The van der Waals surface area contributed by atoms with E-state index in [1.165, 1.54) is 14.2 Å². The molecule has 0 saturated carbocycles. The van der Waals surface area contributed by atoms with Gasteiger partial charge in [-0.15, -0.1) is 6.42 Å². The Morgan fingerprint density at radius 3 is 2.14 bits per heavy atom. The Morgan fingerprint density at radius 2 is 1.62 bits per heavy atom. The number of hydrogen-bond acceptors (Lipinski definition) is 8. The Balaban J connectivity index is 0.00000148. The number of anilines is 1. The molecule has 42 heavy (non-hydrogen) atoms. The Hall–Kier alpha value is -3.52. The number of terminal acetylenes is 1. The minimum Gasteiger partial charge on any atom is -0.495 e. The molecule has 12 heteroatoms. The summed E-state index contributed by atoms with van der Waals surface area (Å²) >= 11 is 13.3. The van der Waals surface area contributed by atoms with Crippen LogP contribution in [0.4, 0.5) is 5.95 Å². The van der Waals surface area contributed by atoms with Crippen LogP contribution < -0.4 is 20.3 Å². The molecule has 3 aromatic rings. The van der Waals surface area contributed by atoms with E-state index in [-0.39, 0.29) is 27.1 Å². The molecule has 10 nitrogen and oxygen atoms in total. The summed E-state index contributed by atoms with van der Waals surface area (Å²) < 4.78 is 12.4. The van der Waals surface area contributed by atoms with Gasteiger partial charge in [0.1, 0.15) is 17.1 Å². The van der Waals surface area contributed by atoms with Crippen molar-refractivity contribution in [1.82, 2.24) is 24.3 Å². The Bertz CT molecular complexity index is 1430. The molecule has 1 amide bonds. The lowest BCUT2D eigenvalue weighted by molar-refractivity contribution is -0.126. The van der Waals surface area contributed by atoms with E-state index >= 15 is 0 Å². The lowest BCUT2D eigenvalue weighted by atomic mass is 10.0. The van der Waals surface area contributed by atoms with Gasteiger partial charge in [0, 0.05) is 63.0 Å². The number of nitrogens with one attached hydrogen (secondary N) is 1. The Labute approximate surface area is 257 Å². The second-order valence-electron chi connectivity index (χ2n) is 8.65. The van der Waals surface area contributed by atoms with Crippen LogP contribution in [-0.2, 0) is 11.3 Å². The summed E-state index contributed by atoms with van der Waals surface area (Å²) in [6.07, 6.45) is 7.55. The molecule has 4 rings (SSSR count). The number of fused-ring (bicyclic) bond motifs is 1. The van der Waals surface area contributed by atoms with Crippen LogP contribution in [0.5, 0.6) is 11.5 Å². The quantitative estimate of drug-likeness (QED) is 0.350. The number of hydrogen-bond donors (Lipinski definition) is 1. The van der Waals surface area contributed by atoms with Gasteiger partial charge in [-0.25, -0.2) is 4.98 Å². The standard InChI is InChI=1S/C26H28Cl2N6O4.2C2H6/c1-5-20(35)33-11-9-32(10-12-33)7-6-8-34-24-16(15-30-26(29-2)31-24)13-17(25(34)36)21-22(27)18(37-3)14-19(38-4)23(21)28;2*1-2/h1,13-15H,6-12H2,2-4H3,(H,29,30,31);2*1-2H3. The van der Waals surface area contributed by atoms with E-state index < -0.39 is 0 Å². The molecule has 0 unspecified atom stereocenters. The molecule has 0 aliphatic carbocycles. The number of aromatic nitrogens is 3. The average molecular weight is 620 g/mol. The van der Waals surface area contributed by atoms with Crippen molar-refractivity contribution < 1.29 is 14.3 Å². The van der Waals surface area contributed by atoms with Gasteiger partial charge in [-0.3, -0.25) is 19.1 Å². The first-order chi connectivity index (χ1) is 20.3. The number of amides is 1. The molecule has 228 valence electrons. The maximum atomic E-state index is 13.9. The van der Waals surface area contributed by atoms with E-state index in [0.29, 0.717) is 73.2 Å². The SMILES string of the molecule is C#CC(=O)N1CCN(CCCn2c(=O)c(-c3c(Cl)c(OC)cc(OC)c3Cl)cc3cnc(NC)nc32)CC1.CC.CC. The number of benzene rings is 1. The largest absolute Gasteiger partial charge is 0.495 e. The van der Waals surface area contributed by atoms with Crippen LogP contribution in [0.25, 0.3) is 22.2 Å². The van der Waals surface area contributed by atoms with Gasteiger partial charge in [-0.1, -0.05) is 50.9 Å². The molecule has 2 aromatic heterocycles. The zero-order valence-corrected chi connectivity index (χ0v) is 26.9. The Kier molecular flexibility index (Phi) is 13.9. The van der Waals surface area contributed by atoms with Gasteiger partial charge in [0.25, 0.3) is 11.5 Å². The molecule has 1 aliphatic rings. The summed E-state index contributed by atoms with van der Waals surface area (Å²) in [5.74, 6) is 2.94. The second kappa shape index (κ2) is 16.8. The molecule has 1 fully saturated rings. The van der Waals surface area contributed by atoms with Crippen molar-refractivity contribution in [1.29, 1.82) is 0 Å². The van der Waals surface area contributed by atoms with E-state index in [2.05, 4.69) is 26.1 Å². The molecule has 1 saturated heterocycles. The number of nitrogens with zero attached hydrogens (tertiary/aromatic N) is 5. The van der Waals surface area contributed by atoms with Crippen LogP contribution >= 0.6 is 23.2 Å². The summed E-state index contributed by atoms with van der Waals surface area (Å²) in [7, 11) is 4.67. The maximum Gasteiger partial charge on any atom is 0.298 e. The summed E-state index contributed by atoms with van der Waals surface area (Å²) in [6.45, 7) is 11.7. The molecule has 0 bridgehead atoms. The fourth-order valence-corrected chi connectivity index (χ4v) is 5.21. The number of pyridine rings is 1. The molecule has 3 heterocycles. The highest BCUT2D eigenvalue weighted by Gasteiger charge is 2.24. The number of carbonyl (C=O) groups excluding carboxylic acids is 1. The van der Waals surface area contributed by atoms with Crippen molar-refractivity contribution >= 4 is 46.1 Å². The Morgan fingerprint density at radius 1 is 1.02 bits per heavy atom. The first kappa shape index (κ1) is 34.7. The topological polar surface area (TPSA) is 102 Å².